The number of aliphatic hydroxyl groups excluding tert-OH is 2. The Labute approximate surface area is 223 Å². The standard InChI is InChI=1S/C33H43O3P/c1-24(23-37(36,29-11-5-3-6-12-29)30-13-7-4-8-14-30)31-17-18-32-26(10-9-19-33(31,32)2)16-15-25-20-27(34)22-28(35)21-25/h3-8,11-16,24,27-28,31-32,34-35H,9-10,17-23H2,1-2H3/b26-16+/t24-,27-,28-,31?,32?,33-/m1/s1. The van der Waals surface area contributed by atoms with E-state index in [2.05, 4.69) is 26.0 Å². The first-order valence-corrected chi connectivity index (χ1v) is 16.1. The highest BCUT2D eigenvalue weighted by molar-refractivity contribution is 7.78. The van der Waals surface area contributed by atoms with Crippen LogP contribution in [0.2, 0.25) is 0 Å². The summed E-state index contributed by atoms with van der Waals surface area (Å²) in [6.07, 6.45) is 12.2. The summed E-state index contributed by atoms with van der Waals surface area (Å²) in [5, 5.41) is 22.1. The number of allylic oxidation sites excluding steroid dienone is 3. The van der Waals surface area contributed by atoms with Crippen molar-refractivity contribution in [2.24, 2.45) is 23.2 Å². The van der Waals surface area contributed by atoms with Gasteiger partial charge in [-0.2, -0.15) is 0 Å². The number of hydrogen-bond acceptors (Lipinski definition) is 3. The van der Waals surface area contributed by atoms with E-state index in [4.69, 9.17) is 0 Å². The van der Waals surface area contributed by atoms with E-state index in [0.717, 1.165) is 17.0 Å². The molecule has 0 bridgehead atoms. The number of benzene rings is 2. The van der Waals surface area contributed by atoms with Gasteiger partial charge in [0.1, 0.15) is 7.14 Å². The predicted octanol–water partition coefficient (Wildman–Crippen LogP) is 6.61. The molecule has 0 spiro atoms. The maximum atomic E-state index is 14.8. The van der Waals surface area contributed by atoms with E-state index < -0.39 is 19.3 Å². The zero-order chi connectivity index (χ0) is 26.0. The molecule has 4 heteroatoms. The van der Waals surface area contributed by atoms with Gasteiger partial charge in [0.2, 0.25) is 0 Å². The summed E-state index contributed by atoms with van der Waals surface area (Å²) in [5.41, 5.74) is 2.94. The molecule has 0 radical (unpaired) electrons. The van der Waals surface area contributed by atoms with Crippen molar-refractivity contribution in [3.63, 3.8) is 0 Å². The first-order chi connectivity index (χ1) is 17.8. The monoisotopic (exact) mass is 518 g/mol. The molecule has 0 heterocycles. The van der Waals surface area contributed by atoms with Crippen LogP contribution in [0.4, 0.5) is 0 Å². The maximum Gasteiger partial charge on any atom is 0.143 e. The Hall–Kier alpha value is -1.93. The van der Waals surface area contributed by atoms with Crippen LogP contribution in [0.25, 0.3) is 0 Å². The van der Waals surface area contributed by atoms with Crippen molar-refractivity contribution in [2.45, 2.75) is 77.4 Å². The van der Waals surface area contributed by atoms with Gasteiger partial charge < -0.3 is 14.8 Å². The van der Waals surface area contributed by atoms with Crippen LogP contribution in [0.1, 0.15) is 65.2 Å². The predicted molar refractivity (Wildman–Crippen MR) is 154 cm³/mol. The lowest BCUT2D eigenvalue weighted by Gasteiger charge is -2.45. The maximum absolute atomic E-state index is 14.8. The lowest BCUT2D eigenvalue weighted by Crippen LogP contribution is -2.37. The van der Waals surface area contributed by atoms with Gasteiger partial charge in [0.05, 0.1) is 12.2 Å². The van der Waals surface area contributed by atoms with Crippen molar-refractivity contribution in [1.82, 2.24) is 0 Å². The van der Waals surface area contributed by atoms with Crippen molar-refractivity contribution in [1.29, 1.82) is 0 Å². The Morgan fingerprint density at radius 3 is 2.14 bits per heavy atom. The molecule has 0 amide bonds. The van der Waals surface area contributed by atoms with E-state index in [1.54, 1.807) is 5.57 Å². The summed E-state index contributed by atoms with van der Waals surface area (Å²) in [4.78, 5) is 0. The number of fused-ring (bicyclic) bond motifs is 1. The fourth-order valence-corrected chi connectivity index (χ4v) is 11.1. The van der Waals surface area contributed by atoms with E-state index in [9.17, 15) is 14.8 Å². The third-order valence-corrected chi connectivity index (χ3v) is 13.0. The van der Waals surface area contributed by atoms with Crippen molar-refractivity contribution < 1.29 is 14.8 Å². The minimum Gasteiger partial charge on any atom is -0.393 e. The second kappa shape index (κ2) is 11.0. The van der Waals surface area contributed by atoms with Gasteiger partial charge in [-0.1, -0.05) is 97.8 Å². The lowest BCUT2D eigenvalue weighted by molar-refractivity contribution is 0.0609. The van der Waals surface area contributed by atoms with E-state index in [-0.39, 0.29) is 5.41 Å². The molecule has 3 aliphatic rings. The van der Waals surface area contributed by atoms with Crippen LogP contribution in [0.3, 0.4) is 0 Å². The first kappa shape index (κ1) is 26.7. The van der Waals surface area contributed by atoms with Gasteiger partial charge in [0.25, 0.3) is 0 Å². The van der Waals surface area contributed by atoms with Crippen LogP contribution in [-0.2, 0) is 4.57 Å². The zero-order valence-corrected chi connectivity index (χ0v) is 23.3. The summed E-state index contributed by atoms with van der Waals surface area (Å²) in [6, 6.07) is 20.3. The molecular weight excluding hydrogens is 475 g/mol. The number of aliphatic hydroxyl groups is 2. The Balaban J connectivity index is 1.38. The SMILES string of the molecule is C[C@H](CP(=O)(c1ccccc1)c1ccccc1)C1CCC2/C(=C/C=C3C[C@@H](O)C[C@H](O)C3)CCC[C@@]21C. The van der Waals surface area contributed by atoms with E-state index in [0.29, 0.717) is 43.2 Å². The van der Waals surface area contributed by atoms with Gasteiger partial charge >= 0.3 is 0 Å². The summed E-state index contributed by atoms with van der Waals surface area (Å²) in [7, 11) is -2.74. The van der Waals surface area contributed by atoms with Gasteiger partial charge in [-0.25, -0.2) is 0 Å². The Kier molecular flexibility index (Phi) is 7.96. The largest absolute Gasteiger partial charge is 0.393 e. The summed E-state index contributed by atoms with van der Waals surface area (Å²) in [6.45, 7) is 4.84. The third kappa shape index (κ3) is 5.47. The van der Waals surface area contributed by atoms with Crippen molar-refractivity contribution in [2.75, 3.05) is 6.16 Å². The third-order valence-electron chi connectivity index (χ3n) is 9.69. The average Bonchev–Trinajstić information content (AvgIpc) is 3.25. The fourth-order valence-electron chi connectivity index (χ4n) is 7.97. The minimum absolute atomic E-state index is 0.228. The minimum atomic E-state index is -2.74. The Morgan fingerprint density at radius 1 is 0.946 bits per heavy atom. The summed E-state index contributed by atoms with van der Waals surface area (Å²) in [5.74, 6) is 1.48. The quantitative estimate of drug-likeness (QED) is 0.423. The summed E-state index contributed by atoms with van der Waals surface area (Å²) >= 11 is 0. The molecule has 198 valence electrons. The highest BCUT2D eigenvalue weighted by atomic mass is 31.2. The van der Waals surface area contributed by atoms with Crippen molar-refractivity contribution >= 4 is 17.8 Å². The fraction of sp³-hybridized carbons (Fsp3) is 0.515. The lowest BCUT2D eigenvalue weighted by atomic mass is 9.61. The van der Waals surface area contributed by atoms with Gasteiger partial charge in [-0.3, -0.25) is 0 Å². The second-order valence-electron chi connectivity index (χ2n) is 12.2. The molecule has 0 aromatic heterocycles. The average molecular weight is 519 g/mol. The van der Waals surface area contributed by atoms with Crippen LogP contribution in [0.15, 0.2) is 84.0 Å². The highest BCUT2D eigenvalue weighted by Crippen LogP contribution is 2.61. The zero-order valence-electron chi connectivity index (χ0n) is 22.4. The van der Waals surface area contributed by atoms with E-state index in [1.807, 2.05) is 60.7 Å². The van der Waals surface area contributed by atoms with E-state index >= 15 is 0 Å². The van der Waals surface area contributed by atoms with Gasteiger partial charge in [0.15, 0.2) is 0 Å². The number of rotatable bonds is 6. The molecule has 3 saturated carbocycles. The molecule has 0 aliphatic heterocycles. The van der Waals surface area contributed by atoms with Crippen LogP contribution in [0.5, 0.6) is 0 Å². The molecule has 2 unspecified atom stereocenters. The van der Waals surface area contributed by atoms with Crippen LogP contribution >= 0.6 is 7.14 Å². The molecule has 2 N–H and O–H groups in total. The first-order valence-electron chi connectivity index (χ1n) is 14.2. The second-order valence-corrected chi connectivity index (χ2v) is 15.1. The van der Waals surface area contributed by atoms with Crippen molar-refractivity contribution in [3.05, 3.63) is 84.0 Å². The molecule has 3 fully saturated rings. The molecule has 6 atom stereocenters. The number of hydrogen-bond donors (Lipinski definition) is 2. The molecule has 3 nitrogen and oxygen atoms in total. The Bertz CT molecular complexity index is 1120. The van der Waals surface area contributed by atoms with E-state index in [1.165, 1.54) is 31.3 Å². The molecule has 0 saturated heterocycles. The molecule has 2 aromatic carbocycles. The van der Waals surface area contributed by atoms with Gasteiger partial charge in [0, 0.05) is 16.8 Å². The topological polar surface area (TPSA) is 57.5 Å². The molecule has 5 rings (SSSR count). The molecule has 37 heavy (non-hydrogen) atoms. The van der Waals surface area contributed by atoms with Crippen LogP contribution < -0.4 is 10.6 Å². The van der Waals surface area contributed by atoms with Crippen molar-refractivity contribution in [3.8, 4) is 0 Å². The Morgan fingerprint density at radius 2 is 1.54 bits per heavy atom. The van der Waals surface area contributed by atoms with Gasteiger partial charge in [-0.15, -0.1) is 0 Å². The highest BCUT2D eigenvalue weighted by Gasteiger charge is 2.51. The molecule has 3 aliphatic carbocycles. The normalized spacial score (nSPS) is 32.2. The van der Waals surface area contributed by atoms with Gasteiger partial charge in [-0.05, 0) is 74.5 Å². The van der Waals surface area contributed by atoms with Crippen LogP contribution in [-0.4, -0.2) is 28.6 Å². The molecule has 2 aromatic rings. The van der Waals surface area contributed by atoms with Crippen LogP contribution in [0, 0.1) is 23.2 Å². The summed E-state index contributed by atoms with van der Waals surface area (Å²) < 4.78 is 14.8. The molecular formula is C33H43O3P. The smallest absolute Gasteiger partial charge is 0.143 e.